The van der Waals surface area contributed by atoms with Crippen LogP contribution in [0.15, 0.2) is 0 Å². The zero-order chi connectivity index (χ0) is 10.7. The zero-order valence-corrected chi connectivity index (χ0v) is 11.1. The van der Waals surface area contributed by atoms with E-state index in [0.717, 1.165) is 19.1 Å². The molecule has 0 aromatic carbocycles. The molecular weight excluding hydrogens is 256 g/mol. The third kappa shape index (κ3) is 0.534. The summed E-state index contributed by atoms with van der Waals surface area (Å²) in [6.45, 7) is 8.72. The monoisotopic (exact) mass is 272 g/mol. The Morgan fingerprint density at radius 3 is 2.27 bits per heavy atom. The Morgan fingerprint density at radius 1 is 1.13 bits per heavy atom. The van der Waals surface area contributed by atoms with Gasteiger partial charge in [-0.1, -0.05) is 36.7 Å². The molecule has 2 nitrogen and oxygen atoms in total. The van der Waals surface area contributed by atoms with E-state index in [-0.39, 0.29) is 5.79 Å². The van der Waals surface area contributed by atoms with Crippen molar-refractivity contribution in [3.05, 3.63) is 0 Å². The molecular formula is C12H17BrO2. The number of ether oxygens (including phenoxy) is 2. The molecule has 3 heteroatoms. The van der Waals surface area contributed by atoms with Gasteiger partial charge in [0.2, 0.25) is 0 Å². The van der Waals surface area contributed by atoms with Gasteiger partial charge in [0.15, 0.2) is 5.79 Å². The predicted molar refractivity (Wildman–Crippen MR) is 59.8 cm³/mol. The number of alkyl halides is 1. The third-order valence-corrected chi connectivity index (χ3v) is 7.69. The van der Waals surface area contributed by atoms with Crippen molar-refractivity contribution in [2.75, 3.05) is 13.2 Å². The van der Waals surface area contributed by atoms with Gasteiger partial charge in [0.1, 0.15) is 0 Å². The van der Waals surface area contributed by atoms with Crippen molar-refractivity contribution < 1.29 is 9.47 Å². The van der Waals surface area contributed by atoms with Crippen molar-refractivity contribution in [1.29, 1.82) is 0 Å². The lowest BCUT2D eigenvalue weighted by atomic mass is 9.38. The maximum absolute atomic E-state index is 5.96. The van der Waals surface area contributed by atoms with E-state index in [9.17, 15) is 0 Å². The van der Waals surface area contributed by atoms with Gasteiger partial charge in [-0.3, -0.25) is 0 Å². The molecule has 0 bridgehead atoms. The molecule has 4 rings (SSSR count). The maximum Gasteiger partial charge on any atom is 0.188 e. The van der Waals surface area contributed by atoms with Gasteiger partial charge in [-0.2, -0.15) is 0 Å². The zero-order valence-electron chi connectivity index (χ0n) is 9.47. The van der Waals surface area contributed by atoms with Crippen LogP contribution in [0, 0.1) is 22.2 Å². The molecule has 0 N–H and O–H groups in total. The SMILES string of the molecule is C[C@@H]1C(C)(C)[C@]23C[C@]12C1(OCCO1)[C@@H]3Br. The quantitative estimate of drug-likeness (QED) is 0.631. The molecule has 1 heterocycles. The molecule has 1 aliphatic heterocycles. The lowest BCUT2D eigenvalue weighted by Crippen LogP contribution is -2.78. The predicted octanol–water partition coefficient (Wildman–Crippen LogP) is 2.56. The average molecular weight is 273 g/mol. The number of rotatable bonds is 0. The maximum atomic E-state index is 5.96. The summed E-state index contributed by atoms with van der Waals surface area (Å²) in [4.78, 5) is 0.409. The Hall–Kier alpha value is 0.400. The minimum absolute atomic E-state index is 0.262. The molecule has 15 heavy (non-hydrogen) atoms. The Labute approximate surface area is 98.8 Å². The van der Waals surface area contributed by atoms with Gasteiger partial charge < -0.3 is 9.47 Å². The van der Waals surface area contributed by atoms with Crippen LogP contribution >= 0.6 is 15.9 Å². The first-order chi connectivity index (χ1) is 6.97. The molecule has 0 amide bonds. The fourth-order valence-corrected chi connectivity index (χ4v) is 7.18. The van der Waals surface area contributed by atoms with Gasteiger partial charge in [0.25, 0.3) is 0 Å². The van der Waals surface area contributed by atoms with Crippen molar-refractivity contribution in [3.8, 4) is 0 Å². The molecule has 1 saturated heterocycles. The van der Waals surface area contributed by atoms with Crippen LogP contribution in [0.4, 0.5) is 0 Å². The number of hydrogen-bond donors (Lipinski definition) is 0. The van der Waals surface area contributed by atoms with E-state index in [4.69, 9.17) is 9.47 Å². The molecule has 0 radical (unpaired) electrons. The van der Waals surface area contributed by atoms with E-state index >= 15 is 0 Å². The van der Waals surface area contributed by atoms with Crippen molar-refractivity contribution in [1.82, 2.24) is 0 Å². The van der Waals surface area contributed by atoms with E-state index in [1.54, 1.807) is 0 Å². The molecule has 0 aromatic rings. The first kappa shape index (κ1) is 9.43. The molecule has 1 spiro atoms. The van der Waals surface area contributed by atoms with Crippen LogP contribution in [0.5, 0.6) is 0 Å². The minimum Gasteiger partial charge on any atom is -0.346 e. The highest BCUT2D eigenvalue weighted by Crippen LogP contribution is 3.01. The van der Waals surface area contributed by atoms with E-state index in [1.165, 1.54) is 6.42 Å². The summed E-state index contributed by atoms with van der Waals surface area (Å²) in [5, 5.41) is 0. The fraction of sp³-hybridized carbons (Fsp3) is 1.00. The normalized spacial score (nSPS) is 61.6. The standard InChI is InChI=1S/C12H17BrO2/c1-7-9(2,3)11-6-10(7,11)12(8(11)13)14-4-5-15-12/h7-8H,4-6H2,1-3H3/t7-,8-,10+,11-/m1/s1. The van der Waals surface area contributed by atoms with Gasteiger partial charge in [-0.05, 0) is 17.8 Å². The highest BCUT2D eigenvalue weighted by atomic mass is 79.9. The number of halogens is 1. The van der Waals surface area contributed by atoms with Crippen LogP contribution in [0.25, 0.3) is 0 Å². The Bertz CT molecular complexity index is 361. The highest BCUT2D eigenvalue weighted by Gasteiger charge is 3.04. The summed E-state index contributed by atoms with van der Waals surface area (Å²) < 4.78 is 11.9. The molecule has 4 atom stereocenters. The summed E-state index contributed by atoms with van der Waals surface area (Å²) in [6.07, 6.45) is 1.30. The van der Waals surface area contributed by atoms with E-state index in [2.05, 4.69) is 36.7 Å². The topological polar surface area (TPSA) is 18.5 Å². The smallest absolute Gasteiger partial charge is 0.188 e. The van der Waals surface area contributed by atoms with E-state index < -0.39 is 0 Å². The second-order valence-corrected chi connectivity index (χ2v) is 7.21. The van der Waals surface area contributed by atoms with Crippen LogP contribution < -0.4 is 0 Å². The Morgan fingerprint density at radius 2 is 1.73 bits per heavy atom. The van der Waals surface area contributed by atoms with E-state index in [1.807, 2.05) is 0 Å². The molecule has 4 fully saturated rings. The average Bonchev–Trinajstić information content (AvgIpc) is 2.52. The van der Waals surface area contributed by atoms with Crippen molar-refractivity contribution >= 4 is 15.9 Å². The molecule has 3 saturated carbocycles. The fourth-order valence-electron chi connectivity index (χ4n) is 5.35. The second kappa shape index (κ2) is 2.06. The first-order valence-corrected chi connectivity index (χ1v) is 6.81. The summed E-state index contributed by atoms with van der Waals surface area (Å²) in [5.41, 5.74) is 1.28. The second-order valence-electron chi connectivity index (χ2n) is 6.29. The lowest BCUT2D eigenvalue weighted by Gasteiger charge is -2.72. The first-order valence-electron chi connectivity index (χ1n) is 5.89. The largest absolute Gasteiger partial charge is 0.346 e. The van der Waals surface area contributed by atoms with Crippen molar-refractivity contribution in [2.45, 2.75) is 37.8 Å². The van der Waals surface area contributed by atoms with Crippen LogP contribution in [0.3, 0.4) is 0 Å². The Kier molecular flexibility index (Phi) is 1.30. The Balaban J connectivity index is 1.81. The van der Waals surface area contributed by atoms with Crippen LogP contribution in [-0.4, -0.2) is 23.8 Å². The van der Waals surface area contributed by atoms with Gasteiger partial charge in [0, 0.05) is 10.8 Å². The minimum atomic E-state index is -0.262. The van der Waals surface area contributed by atoms with Gasteiger partial charge in [-0.25, -0.2) is 0 Å². The summed E-state index contributed by atoms with van der Waals surface area (Å²) >= 11 is 3.85. The summed E-state index contributed by atoms with van der Waals surface area (Å²) in [5.74, 6) is 0.457. The molecule has 84 valence electrons. The molecule has 4 aliphatic rings. The van der Waals surface area contributed by atoms with Crippen LogP contribution in [0.1, 0.15) is 27.2 Å². The van der Waals surface area contributed by atoms with Gasteiger partial charge in [-0.15, -0.1) is 0 Å². The van der Waals surface area contributed by atoms with Crippen molar-refractivity contribution in [2.24, 2.45) is 22.2 Å². The van der Waals surface area contributed by atoms with Gasteiger partial charge in [0.05, 0.1) is 18.0 Å². The van der Waals surface area contributed by atoms with Gasteiger partial charge >= 0.3 is 0 Å². The molecule has 0 aromatic heterocycles. The van der Waals surface area contributed by atoms with Crippen molar-refractivity contribution in [3.63, 3.8) is 0 Å². The summed E-state index contributed by atoms with van der Waals surface area (Å²) in [7, 11) is 0. The molecule has 0 unspecified atom stereocenters. The highest BCUT2D eigenvalue weighted by molar-refractivity contribution is 9.09. The summed E-state index contributed by atoms with van der Waals surface area (Å²) in [6, 6.07) is 0. The van der Waals surface area contributed by atoms with Crippen LogP contribution in [0.2, 0.25) is 0 Å². The van der Waals surface area contributed by atoms with E-state index in [0.29, 0.717) is 21.1 Å². The molecule has 3 aliphatic carbocycles. The third-order valence-electron chi connectivity index (χ3n) is 6.30. The van der Waals surface area contributed by atoms with Crippen LogP contribution in [-0.2, 0) is 9.47 Å². The lowest BCUT2D eigenvalue weighted by molar-refractivity contribution is -0.359. The number of hydrogen-bond acceptors (Lipinski definition) is 2.